The molecule has 6 atom stereocenters. The molecule has 7 rings (SSSR count). The van der Waals surface area contributed by atoms with Gasteiger partial charge in [0.1, 0.15) is 29.0 Å². The van der Waals surface area contributed by atoms with Gasteiger partial charge in [0.2, 0.25) is 23.6 Å². The first-order valence-corrected chi connectivity index (χ1v) is 20.8. The van der Waals surface area contributed by atoms with Gasteiger partial charge in [-0.25, -0.2) is 14.0 Å². The lowest BCUT2D eigenvalue weighted by Crippen LogP contribution is -2.60. The van der Waals surface area contributed by atoms with Crippen molar-refractivity contribution in [3.05, 3.63) is 101 Å². The van der Waals surface area contributed by atoms with Crippen LogP contribution in [0.1, 0.15) is 60.8 Å². The van der Waals surface area contributed by atoms with Crippen LogP contribution >= 0.6 is 0 Å². The van der Waals surface area contributed by atoms with Gasteiger partial charge in [-0.1, -0.05) is 48.5 Å². The van der Waals surface area contributed by atoms with Crippen molar-refractivity contribution < 1.29 is 52.8 Å². The number of carbonyl (C=O) groups is 6. The first-order chi connectivity index (χ1) is 29.7. The minimum atomic E-state index is -1.51. The van der Waals surface area contributed by atoms with Gasteiger partial charge < -0.3 is 56.5 Å². The highest BCUT2D eigenvalue weighted by atomic mass is 19.1. The fourth-order valence-corrected chi connectivity index (χ4v) is 9.73. The molecule has 0 unspecified atom stereocenters. The number of benzene rings is 3. The van der Waals surface area contributed by atoms with E-state index in [9.17, 15) is 43.4 Å². The van der Waals surface area contributed by atoms with E-state index in [0.29, 0.717) is 68.8 Å². The van der Waals surface area contributed by atoms with E-state index in [0.717, 1.165) is 11.1 Å². The van der Waals surface area contributed by atoms with Crippen molar-refractivity contribution >= 4 is 41.5 Å². The van der Waals surface area contributed by atoms with Crippen molar-refractivity contribution in [2.24, 2.45) is 23.3 Å². The minimum Gasteiger partial charge on any atom is -0.465 e. The Kier molecular flexibility index (Phi) is 13.0. The van der Waals surface area contributed by atoms with E-state index in [2.05, 4.69) is 10.6 Å². The molecule has 18 heteroatoms. The second-order valence-electron chi connectivity index (χ2n) is 16.5. The van der Waals surface area contributed by atoms with Crippen molar-refractivity contribution in [2.45, 2.75) is 74.8 Å². The van der Waals surface area contributed by atoms with Crippen molar-refractivity contribution in [1.82, 2.24) is 20.4 Å². The smallest absolute Gasteiger partial charge is 0.405 e. The van der Waals surface area contributed by atoms with Crippen molar-refractivity contribution in [1.29, 1.82) is 0 Å². The van der Waals surface area contributed by atoms with Gasteiger partial charge in [-0.15, -0.1) is 0 Å². The lowest BCUT2D eigenvalue weighted by Gasteiger charge is -2.39. The number of ether oxygens (including phenoxy) is 2. The van der Waals surface area contributed by atoms with Gasteiger partial charge in [0.05, 0.1) is 13.2 Å². The molecule has 3 aromatic rings. The highest BCUT2D eigenvalue weighted by molar-refractivity contribution is 5.96. The first kappa shape index (κ1) is 43.8. The molecule has 0 aliphatic carbocycles. The Morgan fingerprint density at radius 1 is 0.677 bits per heavy atom. The number of nitrogens with one attached hydrogen (secondary N) is 2. The summed E-state index contributed by atoms with van der Waals surface area (Å²) >= 11 is 0. The number of anilines is 1. The summed E-state index contributed by atoms with van der Waals surface area (Å²) in [7, 11) is 0. The molecule has 4 aliphatic heterocycles. The van der Waals surface area contributed by atoms with E-state index in [1.54, 1.807) is 36.4 Å². The number of primary amides is 2. The average molecular weight is 858 g/mol. The molecule has 0 aromatic heterocycles. The Labute approximate surface area is 357 Å². The summed E-state index contributed by atoms with van der Waals surface area (Å²) in [6.07, 6.45) is -0.295. The van der Waals surface area contributed by atoms with Gasteiger partial charge >= 0.3 is 12.2 Å². The molecule has 0 radical (unpaired) electrons. The maximum absolute atomic E-state index is 14.1. The van der Waals surface area contributed by atoms with Gasteiger partial charge in [-0.05, 0) is 85.0 Å². The van der Waals surface area contributed by atoms with Gasteiger partial charge in [-0.2, -0.15) is 0 Å². The fourth-order valence-electron chi connectivity index (χ4n) is 9.73. The van der Waals surface area contributed by atoms with E-state index in [1.807, 2.05) is 29.2 Å². The maximum Gasteiger partial charge on any atom is 0.405 e. The Balaban J connectivity index is 1.13. The molecular formula is C44H52FN7O10. The number of halogens is 1. The van der Waals surface area contributed by atoms with Crippen LogP contribution in [0.5, 0.6) is 0 Å². The topological polar surface area (TPSA) is 247 Å². The lowest BCUT2D eigenvalue weighted by atomic mass is 9.84. The molecule has 330 valence electrons. The van der Waals surface area contributed by atoms with Crippen LogP contribution in [0.25, 0.3) is 0 Å². The Bertz CT molecular complexity index is 2020. The van der Waals surface area contributed by atoms with Crippen LogP contribution in [0.15, 0.2) is 72.8 Å². The van der Waals surface area contributed by atoms with Crippen molar-refractivity contribution in [2.75, 3.05) is 44.4 Å². The van der Waals surface area contributed by atoms with Crippen LogP contribution in [0.2, 0.25) is 0 Å². The molecule has 0 bridgehead atoms. The second-order valence-corrected chi connectivity index (χ2v) is 16.5. The number of carboxylic acid groups (broad SMARTS) is 2. The zero-order chi connectivity index (χ0) is 44.2. The lowest BCUT2D eigenvalue weighted by molar-refractivity contribution is -0.146. The van der Waals surface area contributed by atoms with Crippen LogP contribution in [-0.2, 0) is 52.8 Å². The highest BCUT2D eigenvalue weighted by Crippen LogP contribution is 2.42. The summed E-state index contributed by atoms with van der Waals surface area (Å²) in [5.74, 6) is -3.74. The number of rotatable bonds is 15. The SMILES string of the molecule is NC(=O)[C@@]1(c2ccc(CN(Cc3ccc([C@]4(C(N)=O)CCCN4C(=O)[C@@H](NC(=O)O)[C@H]4CCOC4)cc3)c3ccc(F)cc3)cc2)CCCN1C(=O)[C@@H](NC(=O)O)[C@H]1CCOC1. The molecule has 4 heterocycles. The third-order valence-electron chi connectivity index (χ3n) is 12.9. The van der Waals surface area contributed by atoms with Gasteiger partial charge in [0, 0.05) is 56.9 Å². The van der Waals surface area contributed by atoms with Crippen LogP contribution in [-0.4, -0.2) is 107 Å². The summed E-state index contributed by atoms with van der Waals surface area (Å²) in [6, 6.07) is 18.1. The van der Waals surface area contributed by atoms with Crippen LogP contribution in [0.3, 0.4) is 0 Å². The third-order valence-corrected chi connectivity index (χ3v) is 12.9. The number of nitrogens with zero attached hydrogens (tertiary/aromatic N) is 3. The summed E-state index contributed by atoms with van der Waals surface area (Å²) in [5, 5.41) is 23.9. The monoisotopic (exact) mass is 857 g/mol. The third kappa shape index (κ3) is 8.61. The first-order valence-electron chi connectivity index (χ1n) is 20.8. The number of carbonyl (C=O) groups excluding carboxylic acids is 4. The molecule has 17 nitrogen and oxygen atoms in total. The zero-order valence-corrected chi connectivity index (χ0v) is 34.2. The Morgan fingerprint density at radius 2 is 1.08 bits per heavy atom. The predicted octanol–water partition coefficient (Wildman–Crippen LogP) is 2.98. The molecule has 4 saturated heterocycles. The normalized spacial score (nSPS) is 24.3. The summed E-state index contributed by atoms with van der Waals surface area (Å²) < 4.78 is 25.0. The molecule has 4 fully saturated rings. The molecule has 0 spiro atoms. The Hall–Kier alpha value is -6.27. The van der Waals surface area contributed by atoms with Crippen molar-refractivity contribution in [3.63, 3.8) is 0 Å². The number of likely N-dealkylation sites (tertiary alicyclic amines) is 2. The summed E-state index contributed by atoms with van der Waals surface area (Å²) in [6.45, 7) is 2.25. The van der Waals surface area contributed by atoms with E-state index in [1.165, 1.54) is 21.9 Å². The molecule has 62 heavy (non-hydrogen) atoms. The second kappa shape index (κ2) is 18.4. The molecular weight excluding hydrogens is 806 g/mol. The van der Waals surface area contributed by atoms with Gasteiger partial charge in [0.15, 0.2) is 0 Å². The van der Waals surface area contributed by atoms with Crippen LogP contribution in [0, 0.1) is 17.7 Å². The van der Waals surface area contributed by atoms with E-state index < -0.39 is 76.6 Å². The van der Waals surface area contributed by atoms with Crippen LogP contribution in [0.4, 0.5) is 19.7 Å². The number of amides is 6. The quantitative estimate of drug-likeness (QED) is 0.130. The molecule has 6 amide bonds. The van der Waals surface area contributed by atoms with Gasteiger partial charge in [-0.3, -0.25) is 19.2 Å². The predicted molar refractivity (Wildman–Crippen MR) is 221 cm³/mol. The molecule has 0 saturated carbocycles. The van der Waals surface area contributed by atoms with Crippen molar-refractivity contribution in [3.8, 4) is 0 Å². The summed E-state index contributed by atoms with van der Waals surface area (Å²) in [5.41, 5.74) is 12.5. The molecule has 8 N–H and O–H groups in total. The standard InChI is InChI=1S/C44H52FN7O10/c45-33-11-13-34(14-12-33)50(23-27-3-7-31(8-4-27)43(39(46)55)17-1-19-51(43)37(53)35(48-41(57)58)29-15-21-61-25-29)24-28-5-9-32(10-6-28)44(40(47)56)18-2-20-52(44)38(54)36(49-42(59)60)30-16-22-62-26-30/h3-14,29-30,35-36,48-49H,1-2,15-26H2,(H2,46,55)(H2,47,56)(H,57,58)(H,59,60)/t29-,30-,35-,36-,43-,44-/m0/s1. The van der Waals surface area contributed by atoms with E-state index in [-0.39, 0.29) is 39.1 Å². The summed E-state index contributed by atoms with van der Waals surface area (Å²) in [4.78, 5) is 83.2. The largest absolute Gasteiger partial charge is 0.465 e. The minimum absolute atomic E-state index is 0.205. The average Bonchev–Trinajstić information content (AvgIpc) is 4.10. The number of nitrogens with two attached hydrogens (primary N) is 2. The fraction of sp³-hybridized carbons (Fsp3) is 0.455. The van der Waals surface area contributed by atoms with Gasteiger partial charge in [0.25, 0.3) is 0 Å². The highest BCUT2D eigenvalue weighted by Gasteiger charge is 2.54. The van der Waals surface area contributed by atoms with Crippen LogP contribution < -0.4 is 27.0 Å². The van der Waals surface area contributed by atoms with E-state index in [4.69, 9.17) is 20.9 Å². The number of hydrogen-bond donors (Lipinski definition) is 6. The molecule has 4 aliphatic rings. The van der Waals surface area contributed by atoms with E-state index >= 15 is 0 Å². The Morgan fingerprint density at radius 3 is 1.42 bits per heavy atom. The molecule has 3 aromatic carbocycles. The zero-order valence-electron chi connectivity index (χ0n) is 34.2. The number of hydrogen-bond acceptors (Lipinski definition) is 9. The maximum atomic E-state index is 14.1.